The van der Waals surface area contributed by atoms with Gasteiger partial charge in [0.15, 0.2) is 0 Å². The molecule has 1 atom stereocenters. The predicted molar refractivity (Wildman–Crippen MR) is 97.7 cm³/mol. The van der Waals surface area contributed by atoms with Gasteiger partial charge in [-0.3, -0.25) is 4.79 Å². The van der Waals surface area contributed by atoms with Gasteiger partial charge in [0, 0.05) is 18.0 Å². The number of rotatable bonds is 9. The number of carboxylic acids is 1. The number of ether oxygens (including phenoxy) is 1. The van der Waals surface area contributed by atoms with Crippen molar-refractivity contribution in [2.75, 3.05) is 6.61 Å². The number of hydrogen-bond acceptors (Lipinski definition) is 4. The number of carboxylic acid groups (broad SMARTS) is 1. The molecule has 0 heterocycles. The molecule has 5 heteroatoms. The Morgan fingerprint density at radius 1 is 1.04 bits per heavy atom. The molecule has 138 valence electrons. The van der Waals surface area contributed by atoms with Gasteiger partial charge in [-0.05, 0) is 42.2 Å². The molecule has 2 aromatic rings. The molecule has 0 aliphatic carbocycles. The van der Waals surface area contributed by atoms with E-state index in [4.69, 9.17) is 4.74 Å². The molecule has 0 unspecified atom stereocenters. The molecular weight excluding hydrogens is 330 g/mol. The van der Waals surface area contributed by atoms with Crippen molar-refractivity contribution in [3.05, 3.63) is 65.7 Å². The van der Waals surface area contributed by atoms with Crippen LogP contribution < -0.4 is 15.2 Å². The van der Waals surface area contributed by atoms with Crippen LogP contribution in [-0.4, -0.2) is 18.5 Å². The van der Waals surface area contributed by atoms with Gasteiger partial charge in [-0.15, -0.1) is 0 Å². The number of benzene rings is 2. The summed E-state index contributed by atoms with van der Waals surface area (Å²) in [5, 5.41) is 13.8. The first-order chi connectivity index (χ1) is 12.5. The van der Waals surface area contributed by atoms with Gasteiger partial charge in [0.1, 0.15) is 5.75 Å². The van der Waals surface area contributed by atoms with Gasteiger partial charge in [0.2, 0.25) is 0 Å². The minimum absolute atomic E-state index is 0.286. The normalized spacial score (nSPS) is 11.8. The first kappa shape index (κ1) is 19.5. The van der Waals surface area contributed by atoms with Crippen molar-refractivity contribution >= 4 is 11.9 Å². The standard InChI is InChI=1S/C21H25NO4/c1-15(2)12-13-26-18-10-8-17(9-11-18)21(25)22-19(14-20(23)24)16-6-4-3-5-7-16/h3-11,15,19H,12-14H2,1-2H3,(H,22,25)(H,23,24)/p-1/t19-/m1/s1. The third-order valence-electron chi connectivity index (χ3n) is 3.96. The van der Waals surface area contributed by atoms with Crippen LogP contribution in [0.2, 0.25) is 0 Å². The second-order valence-electron chi connectivity index (χ2n) is 6.57. The topological polar surface area (TPSA) is 78.5 Å². The largest absolute Gasteiger partial charge is 0.550 e. The van der Waals surface area contributed by atoms with E-state index in [9.17, 15) is 14.7 Å². The minimum Gasteiger partial charge on any atom is -0.550 e. The van der Waals surface area contributed by atoms with Gasteiger partial charge in [-0.25, -0.2) is 0 Å². The van der Waals surface area contributed by atoms with Gasteiger partial charge < -0.3 is 20.0 Å². The molecule has 0 radical (unpaired) electrons. The van der Waals surface area contributed by atoms with E-state index < -0.39 is 12.0 Å². The zero-order chi connectivity index (χ0) is 18.9. The molecule has 2 rings (SSSR count). The molecule has 2 aromatic carbocycles. The van der Waals surface area contributed by atoms with Crippen LogP contribution in [0.15, 0.2) is 54.6 Å². The average molecular weight is 354 g/mol. The lowest BCUT2D eigenvalue weighted by Crippen LogP contribution is -2.34. The molecule has 1 amide bonds. The van der Waals surface area contributed by atoms with Crippen molar-refractivity contribution in [2.45, 2.75) is 32.7 Å². The van der Waals surface area contributed by atoms with E-state index in [1.807, 2.05) is 6.07 Å². The Balaban J connectivity index is 2.01. The number of amides is 1. The van der Waals surface area contributed by atoms with E-state index in [0.717, 1.165) is 12.0 Å². The highest BCUT2D eigenvalue weighted by molar-refractivity contribution is 5.94. The molecular formula is C21H24NO4-. The Hall–Kier alpha value is -2.82. The maximum atomic E-state index is 12.5. The van der Waals surface area contributed by atoms with Crippen LogP contribution in [0, 0.1) is 5.92 Å². The molecule has 1 N–H and O–H groups in total. The molecule has 0 aliphatic heterocycles. The first-order valence-electron chi connectivity index (χ1n) is 8.74. The number of carbonyl (C=O) groups excluding carboxylic acids is 2. The van der Waals surface area contributed by atoms with Crippen LogP contribution in [-0.2, 0) is 4.79 Å². The summed E-state index contributed by atoms with van der Waals surface area (Å²) in [5.74, 6) is -0.280. The third-order valence-corrected chi connectivity index (χ3v) is 3.96. The van der Waals surface area contributed by atoms with Crippen LogP contribution in [0.1, 0.15) is 48.7 Å². The van der Waals surface area contributed by atoms with Gasteiger partial charge in [0.05, 0.1) is 12.6 Å². The Morgan fingerprint density at radius 3 is 2.27 bits per heavy atom. The van der Waals surface area contributed by atoms with Crippen LogP contribution in [0.25, 0.3) is 0 Å². The van der Waals surface area contributed by atoms with Crippen LogP contribution in [0.5, 0.6) is 5.75 Å². The molecule has 0 fully saturated rings. The van der Waals surface area contributed by atoms with Crippen molar-refractivity contribution in [1.82, 2.24) is 5.32 Å². The van der Waals surface area contributed by atoms with Crippen LogP contribution in [0.3, 0.4) is 0 Å². The van der Waals surface area contributed by atoms with Crippen molar-refractivity contribution in [2.24, 2.45) is 5.92 Å². The summed E-state index contributed by atoms with van der Waals surface area (Å²) in [6.45, 7) is 4.89. The number of hydrogen-bond donors (Lipinski definition) is 1. The summed E-state index contributed by atoms with van der Waals surface area (Å²) in [6.07, 6.45) is 0.677. The summed E-state index contributed by atoms with van der Waals surface area (Å²) < 4.78 is 5.64. The Morgan fingerprint density at radius 2 is 1.69 bits per heavy atom. The van der Waals surface area contributed by atoms with E-state index in [-0.39, 0.29) is 12.3 Å². The van der Waals surface area contributed by atoms with Gasteiger partial charge in [0.25, 0.3) is 5.91 Å². The first-order valence-corrected chi connectivity index (χ1v) is 8.74. The second kappa shape index (κ2) is 9.61. The van der Waals surface area contributed by atoms with Crippen LogP contribution >= 0.6 is 0 Å². The minimum atomic E-state index is -1.21. The van der Waals surface area contributed by atoms with E-state index in [2.05, 4.69) is 19.2 Å². The van der Waals surface area contributed by atoms with E-state index >= 15 is 0 Å². The van der Waals surface area contributed by atoms with Gasteiger partial charge in [-0.1, -0.05) is 44.2 Å². The fraction of sp³-hybridized carbons (Fsp3) is 0.333. The molecule has 0 saturated heterocycles. The number of aliphatic carboxylic acids is 1. The summed E-state index contributed by atoms with van der Waals surface area (Å²) >= 11 is 0. The second-order valence-corrected chi connectivity index (χ2v) is 6.57. The molecule has 0 bridgehead atoms. The Labute approximate surface area is 154 Å². The van der Waals surface area contributed by atoms with Crippen molar-refractivity contribution in [1.29, 1.82) is 0 Å². The van der Waals surface area contributed by atoms with Crippen molar-refractivity contribution in [3.63, 3.8) is 0 Å². The quantitative estimate of drug-likeness (QED) is 0.751. The summed E-state index contributed by atoms with van der Waals surface area (Å²) in [6, 6.07) is 15.2. The van der Waals surface area contributed by atoms with Gasteiger partial charge >= 0.3 is 0 Å². The molecule has 0 aliphatic rings. The smallest absolute Gasteiger partial charge is 0.251 e. The lowest BCUT2D eigenvalue weighted by Gasteiger charge is -2.20. The zero-order valence-corrected chi connectivity index (χ0v) is 15.1. The molecule has 0 aromatic heterocycles. The fourth-order valence-corrected chi connectivity index (χ4v) is 2.46. The highest BCUT2D eigenvalue weighted by atomic mass is 16.5. The highest BCUT2D eigenvalue weighted by Crippen LogP contribution is 2.18. The SMILES string of the molecule is CC(C)CCOc1ccc(C(=O)N[C@H](CC(=O)[O-])c2ccccc2)cc1. The summed E-state index contributed by atoms with van der Waals surface area (Å²) in [7, 11) is 0. The van der Waals surface area contributed by atoms with Crippen molar-refractivity contribution in [3.8, 4) is 5.75 Å². The summed E-state index contributed by atoms with van der Waals surface area (Å²) in [4.78, 5) is 23.5. The predicted octanol–water partition coefficient (Wildman–Crippen LogP) is 2.72. The monoisotopic (exact) mass is 354 g/mol. The van der Waals surface area contributed by atoms with Gasteiger partial charge in [-0.2, -0.15) is 0 Å². The van der Waals surface area contributed by atoms with E-state index in [1.54, 1.807) is 48.5 Å². The Kier molecular flexibility index (Phi) is 7.21. The van der Waals surface area contributed by atoms with Crippen molar-refractivity contribution < 1.29 is 19.4 Å². The maximum absolute atomic E-state index is 12.5. The summed E-state index contributed by atoms with van der Waals surface area (Å²) in [5.41, 5.74) is 1.17. The third kappa shape index (κ3) is 6.24. The Bertz CT molecular complexity index is 711. The highest BCUT2D eigenvalue weighted by Gasteiger charge is 2.16. The number of carbonyl (C=O) groups is 2. The lowest BCUT2D eigenvalue weighted by atomic mass is 10.0. The molecule has 0 spiro atoms. The zero-order valence-electron chi connectivity index (χ0n) is 15.1. The maximum Gasteiger partial charge on any atom is 0.251 e. The average Bonchev–Trinajstić information content (AvgIpc) is 2.62. The number of nitrogens with one attached hydrogen (secondary N) is 1. The molecule has 26 heavy (non-hydrogen) atoms. The van der Waals surface area contributed by atoms with Crippen LogP contribution in [0.4, 0.5) is 0 Å². The lowest BCUT2D eigenvalue weighted by molar-refractivity contribution is -0.306. The molecule has 5 nitrogen and oxygen atoms in total. The molecule has 0 saturated carbocycles. The van der Waals surface area contributed by atoms with E-state index in [0.29, 0.717) is 23.8 Å². The van der Waals surface area contributed by atoms with E-state index in [1.165, 1.54) is 0 Å². The fourth-order valence-electron chi connectivity index (χ4n) is 2.46.